The number of hydrogen-bond acceptors (Lipinski definition) is 8. The molecule has 1 aromatic heterocycles. The molecule has 0 radical (unpaired) electrons. The SMILES string of the molecule is NCCCC[C@H](N)C(=O)N[C@@H](CCC(=O)O)C(=O)N[C@@H](Cc1c[nH]c2ccccc12)C(=O)N[C@@H](Cc1ccc(O)cc1)C(=O)O. The Bertz CT molecular complexity index is 1470. The van der Waals surface area contributed by atoms with Crippen molar-refractivity contribution in [2.24, 2.45) is 11.5 Å². The Balaban J connectivity index is 1.85. The predicted molar refractivity (Wildman–Crippen MR) is 165 cm³/mol. The zero-order chi connectivity index (χ0) is 32.9. The molecule has 14 heteroatoms. The fourth-order valence-electron chi connectivity index (χ4n) is 4.80. The number of carbonyl (C=O) groups is 5. The van der Waals surface area contributed by atoms with Gasteiger partial charge in [0.05, 0.1) is 6.04 Å². The molecule has 3 aromatic rings. The molecule has 14 nitrogen and oxygen atoms in total. The number of aliphatic carboxylic acids is 2. The topological polar surface area (TPSA) is 250 Å². The summed E-state index contributed by atoms with van der Waals surface area (Å²) in [6.07, 6.45) is 2.33. The molecule has 0 saturated heterocycles. The smallest absolute Gasteiger partial charge is 0.326 e. The Hall–Kier alpha value is -4.95. The molecule has 0 aliphatic rings. The van der Waals surface area contributed by atoms with Gasteiger partial charge in [0, 0.05) is 36.4 Å². The number of unbranched alkanes of at least 4 members (excludes halogenated alkanes) is 1. The third-order valence-corrected chi connectivity index (χ3v) is 7.31. The molecule has 3 rings (SSSR count). The van der Waals surface area contributed by atoms with Crippen molar-refractivity contribution in [3.8, 4) is 5.75 Å². The monoisotopic (exact) mass is 624 g/mol. The van der Waals surface area contributed by atoms with Gasteiger partial charge in [0.15, 0.2) is 0 Å². The highest BCUT2D eigenvalue weighted by Gasteiger charge is 2.31. The molecule has 1 heterocycles. The number of carbonyl (C=O) groups excluding carboxylic acids is 3. The number of nitrogens with one attached hydrogen (secondary N) is 4. The molecular weight excluding hydrogens is 584 g/mol. The number of H-pyrrole nitrogens is 1. The number of aromatic nitrogens is 1. The standard InChI is InChI=1S/C31H40N6O8/c32-14-4-3-6-22(33)28(41)35-24(12-13-27(39)40)29(42)36-25(16-19-17-34-23-7-2-1-5-21(19)23)30(43)37-26(31(44)45)15-18-8-10-20(38)11-9-18/h1-2,5,7-11,17,22,24-26,34,38H,3-4,6,12-16,32-33H2,(H,35,41)(H,36,42)(H,37,43)(H,39,40)(H,44,45)/t22-,24-,25-,26-/m0/s1. The fraction of sp³-hybridized carbons (Fsp3) is 0.387. The molecule has 0 aliphatic carbocycles. The van der Waals surface area contributed by atoms with Gasteiger partial charge in [0.2, 0.25) is 17.7 Å². The molecule has 11 N–H and O–H groups in total. The average molecular weight is 625 g/mol. The van der Waals surface area contributed by atoms with Gasteiger partial charge in [0.1, 0.15) is 23.9 Å². The zero-order valence-electron chi connectivity index (χ0n) is 24.7. The highest BCUT2D eigenvalue weighted by Crippen LogP contribution is 2.20. The number of fused-ring (bicyclic) bond motifs is 1. The number of carboxylic acids is 2. The number of benzene rings is 2. The van der Waals surface area contributed by atoms with Crippen LogP contribution in [0.25, 0.3) is 10.9 Å². The van der Waals surface area contributed by atoms with Crippen molar-refractivity contribution in [1.82, 2.24) is 20.9 Å². The van der Waals surface area contributed by atoms with Crippen LogP contribution in [0.4, 0.5) is 0 Å². The van der Waals surface area contributed by atoms with E-state index >= 15 is 0 Å². The summed E-state index contributed by atoms with van der Waals surface area (Å²) in [4.78, 5) is 66.4. The minimum Gasteiger partial charge on any atom is -0.508 e. The number of phenolic OH excluding ortho intramolecular Hbond substituents is 1. The third-order valence-electron chi connectivity index (χ3n) is 7.31. The summed E-state index contributed by atoms with van der Waals surface area (Å²) in [5.74, 6) is -4.80. The molecule has 4 atom stereocenters. The lowest BCUT2D eigenvalue weighted by Crippen LogP contribution is -2.57. The molecular formula is C31H40N6O8. The number of rotatable bonds is 18. The Labute approximate surface area is 259 Å². The van der Waals surface area contributed by atoms with E-state index in [-0.39, 0.29) is 25.0 Å². The van der Waals surface area contributed by atoms with Gasteiger partial charge in [-0.3, -0.25) is 19.2 Å². The van der Waals surface area contributed by atoms with E-state index in [0.717, 1.165) is 10.9 Å². The van der Waals surface area contributed by atoms with Gasteiger partial charge in [-0.15, -0.1) is 0 Å². The van der Waals surface area contributed by atoms with Gasteiger partial charge >= 0.3 is 11.9 Å². The van der Waals surface area contributed by atoms with Crippen LogP contribution in [0, 0.1) is 0 Å². The Morgan fingerprint density at radius 1 is 0.778 bits per heavy atom. The highest BCUT2D eigenvalue weighted by atomic mass is 16.4. The summed E-state index contributed by atoms with van der Waals surface area (Å²) in [5.41, 5.74) is 13.4. The van der Waals surface area contributed by atoms with E-state index < -0.39 is 60.2 Å². The maximum absolute atomic E-state index is 13.6. The van der Waals surface area contributed by atoms with Crippen molar-refractivity contribution in [2.75, 3.05) is 6.54 Å². The maximum atomic E-state index is 13.6. The van der Waals surface area contributed by atoms with Gasteiger partial charge in [0.25, 0.3) is 0 Å². The summed E-state index contributed by atoms with van der Waals surface area (Å²) in [5, 5.41) is 37.0. The van der Waals surface area contributed by atoms with Crippen molar-refractivity contribution in [3.63, 3.8) is 0 Å². The first-order chi connectivity index (χ1) is 21.5. The van der Waals surface area contributed by atoms with Crippen molar-refractivity contribution in [1.29, 1.82) is 0 Å². The lowest BCUT2D eigenvalue weighted by Gasteiger charge is -2.25. The van der Waals surface area contributed by atoms with Gasteiger partial charge in [-0.1, -0.05) is 36.8 Å². The molecule has 3 amide bonds. The molecule has 2 aromatic carbocycles. The molecule has 0 aliphatic heterocycles. The van der Waals surface area contributed by atoms with E-state index in [1.165, 1.54) is 24.3 Å². The molecule has 0 bridgehead atoms. The number of carboxylic acid groups (broad SMARTS) is 2. The van der Waals surface area contributed by atoms with Crippen LogP contribution in [0.1, 0.15) is 43.2 Å². The third kappa shape index (κ3) is 10.6. The van der Waals surface area contributed by atoms with Crippen LogP contribution in [0.2, 0.25) is 0 Å². The number of para-hydroxylation sites is 1. The second-order valence-electron chi connectivity index (χ2n) is 10.8. The first kappa shape index (κ1) is 34.5. The summed E-state index contributed by atoms with van der Waals surface area (Å²) in [6.45, 7) is 0.426. The van der Waals surface area contributed by atoms with Crippen molar-refractivity contribution in [2.45, 2.75) is 69.1 Å². The lowest BCUT2D eigenvalue weighted by molar-refractivity contribution is -0.142. The molecule has 0 fully saturated rings. The number of phenols is 1. The Morgan fingerprint density at radius 3 is 2.09 bits per heavy atom. The molecule has 242 valence electrons. The van der Waals surface area contributed by atoms with E-state index in [4.69, 9.17) is 11.5 Å². The number of aromatic amines is 1. The lowest BCUT2D eigenvalue weighted by atomic mass is 10.0. The van der Waals surface area contributed by atoms with Crippen LogP contribution < -0.4 is 27.4 Å². The van der Waals surface area contributed by atoms with E-state index in [1.54, 1.807) is 12.3 Å². The van der Waals surface area contributed by atoms with Gasteiger partial charge in [-0.2, -0.15) is 0 Å². The van der Waals surface area contributed by atoms with Gasteiger partial charge in [-0.25, -0.2) is 4.79 Å². The van der Waals surface area contributed by atoms with E-state index in [0.29, 0.717) is 36.9 Å². The second-order valence-corrected chi connectivity index (χ2v) is 10.8. The predicted octanol–water partition coefficient (Wildman–Crippen LogP) is 0.519. The minimum atomic E-state index is -1.38. The van der Waals surface area contributed by atoms with Crippen LogP contribution in [-0.2, 0) is 36.8 Å². The van der Waals surface area contributed by atoms with E-state index in [2.05, 4.69) is 20.9 Å². The summed E-state index contributed by atoms with van der Waals surface area (Å²) < 4.78 is 0. The number of aromatic hydroxyl groups is 1. The quantitative estimate of drug-likeness (QED) is 0.0887. The van der Waals surface area contributed by atoms with Crippen molar-refractivity contribution < 1.29 is 39.3 Å². The van der Waals surface area contributed by atoms with Crippen LogP contribution in [-0.4, -0.2) is 80.7 Å². The molecule has 0 saturated carbocycles. The first-order valence-electron chi connectivity index (χ1n) is 14.6. The summed E-state index contributed by atoms with van der Waals surface area (Å²) >= 11 is 0. The van der Waals surface area contributed by atoms with Crippen LogP contribution in [0.3, 0.4) is 0 Å². The summed E-state index contributed by atoms with van der Waals surface area (Å²) in [6, 6.07) is 8.16. The molecule has 0 unspecified atom stereocenters. The second kappa shape index (κ2) is 16.8. The minimum absolute atomic E-state index is 0.00257. The molecule has 0 spiro atoms. The zero-order valence-corrected chi connectivity index (χ0v) is 24.7. The molecule has 45 heavy (non-hydrogen) atoms. The average Bonchev–Trinajstić information content (AvgIpc) is 3.41. The fourth-order valence-corrected chi connectivity index (χ4v) is 4.80. The number of hydrogen-bond donors (Lipinski definition) is 9. The Morgan fingerprint density at radius 2 is 1.42 bits per heavy atom. The summed E-state index contributed by atoms with van der Waals surface area (Å²) in [7, 11) is 0. The Kier molecular flexibility index (Phi) is 12.9. The largest absolute Gasteiger partial charge is 0.508 e. The van der Waals surface area contributed by atoms with Crippen LogP contribution in [0.15, 0.2) is 54.7 Å². The first-order valence-corrected chi connectivity index (χ1v) is 14.6. The number of amides is 3. The van der Waals surface area contributed by atoms with E-state index in [9.17, 15) is 39.3 Å². The maximum Gasteiger partial charge on any atom is 0.326 e. The highest BCUT2D eigenvalue weighted by molar-refractivity contribution is 5.95. The van der Waals surface area contributed by atoms with Crippen molar-refractivity contribution in [3.05, 3.63) is 65.9 Å². The van der Waals surface area contributed by atoms with Crippen molar-refractivity contribution >= 4 is 40.6 Å². The number of nitrogens with two attached hydrogens (primary N) is 2. The van der Waals surface area contributed by atoms with Gasteiger partial charge < -0.3 is 47.7 Å². The van der Waals surface area contributed by atoms with E-state index in [1.807, 2.05) is 18.2 Å². The van der Waals surface area contributed by atoms with Gasteiger partial charge in [-0.05, 0) is 55.1 Å². The van der Waals surface area contributed by atoms with Crippen LogP contribution in [0.5, 0.6) is 5.75 Å². The van der Waals surface area contributed by atoms with Crippen LogP contribution >= 0.6 is 0 Å². The normalized spacial score (nSPS) is 13.7.